The Kier molecular flexibility index (Phi) is 5.01. The second-order valence-electron chi connectivity index (χ2n) is 6.22. The van der Waals surface area contributed by atoms with E-state index < -0.39 is 11.2 Å². The topological polar surface area (TPSA) is 69.2 Å². The van der Waals surface area contributed by atoms with Crippen molar-refractivity contribution in [2.75, 3.05) is 6.61 Å². The standard InChI is InChI=1S/C18H19Cl2N3O3/c1-4-11(9-24)23-8-14-15(17(25)22(3)18(26)21(14)2)16(23)12-6-5-10(19)7-13(12)20/h5-8,11,24H,4,9H2,1-3H3/t11-/m0/s1. The molecule has 6 nitrogen and oxygen atoms in total. The van der Waals surface area contributed by atoms with Crippen LogP contribution < -0.4 is 11.2 Å². The summed E-state index contributed by atoms with van der Waals surface area (Å²) in [5, 5.41) is 11.1. The van der Waals surface area contributed by atoms with Crippen LogP contribution in [0.2, 0.25) is 10.0 Å². The molecule has 138 valence electrons. The summed E-state index contributed by atoms with van der Waals surface area (Å²) in [7, 11) is 3.06. The smallest absolute Gasteiger partial charge is 0.330 e. The summed E-state index contributed by atoms with van der Waals surface area (Å²) >= 11 is 12.4. The first-order chi connectivity index (χ1) is 12.3. The third-order valence-corrected chi connectivity index (χ3v) is 5.28. The minimum Gasteiger partial charge on any atom is -0.394 e. The van der Waals surface area contributed by atoms with E-state index in [1.165, 1.54) is 11.6 Å². The Labute approximate surface area is 159 Å². The molecule has 0 spiro atoms. The molecule has 0 aliphatic rings. The van der Waals surface area contributed by atoms with Crippen LogP contribution in [0, 0.1) is 0 Å². The van der Waals surface area contributed by atoms with Gasteiger partial charge in [-0.05, 0) is 24.6 Å². The highest BCUT2D eigenvalue weighted by molar-refractivity contribution is 6.36. The molecule has 1 atom stereocenters. The quantitative estimate of drug-likeness (QED) is 0.737. The maximum Gasteiger partial charge on any atom is 0.330 e. The average Bonchev–Trinajstić information content (AvgIpc) is 2.99. The largest absolute Gasteiger partial charge is 0.394 e. The summed E-state index contributed by atoms with van der Waals surface area (Å²) in [6.07, 6.45) is 2.37. The second kappa shape index (κ2) is 6.95. The minimum atomic E-state index is -0.412. The molecule has 26 heavy (non-hydrogen) atoms. The lowest BCUT2D eigenvalue weighted by Gasteiger charge is -2.18. The molecular formula is C18H19Cl2N3O3. The molecule has 0 aliphatic carbocycles. The second-order valence-corrected chi connectivity index (χ2v) is 7.06. The summed E-state index contributed by atoms with van der Waals surface area (Å²) in [5.74, 6) is 0. The predicted molar refractivity (Wildman–Crippen MR) is 104 cm³/mol. The highest BCUT2D eigenvalue weighted by atomic mass is 35.5. The SMILES string of the molecule is CC[C@@H](CO)n1cc2c(c1-c1ccc(Cl)cc1Cl)c(=O)n(C)c(=O)n2C. The van der Waals surface area contributed by atoms with Gasteiger partial charge in [-0.15, -0.1) is 0 Å². The number of aromatic nitrogens is 3. The van der Waals surface area contributed by atoms with Crippen LogP contribution in [-0.4, -0.2) is 25.4 Å². The molecule has 0 saturated carbocycles. The minimum absolute atomic E-state index is 0.107. The number of rotatable bonds is 4. The van der Waals surface area contributed by atoms with Gasteiger partial charge in [-0.2, -0.15) is 0 Å². The van der Waals surface area contributed by atoms with Crippen molar-refractivity contribution in [2.45, 2.75) is 19.4 Å². The van der Waals surface area contributed by atoms with Crippen LogP contribution in [0.1, 0.15) is 19.4 Å². The van der Waals surface area contributed by atoms with Gasteiger partial charge in [0.25, 0.3) is 5.56 Å². The number of aliphatic hydroxyl groups excluding tert-OH is 1. The van der Waals surface area contributed by atoms with E-state index in [1.54, 1.807) is 31.4 Å². The monoisotopic (exact) mass is 395 g/mol. The highest BCUT2D eigenvalue weighted by Crippen LogP contribution is 2.36. The third-order valence-electron chi connectivity index (χ3n) is 4.73. The Morgan fingerprint density at radius 2 is 1.85 bits per heavy atom. The molecule has 0 unspecified atom stereocenters. The summed E-state index contributed by atoms with van der Waals surface area (Å²) < 4.78 is 4.31. The Hall–Kier alpha value is -2.02. The molecule has 0 radical (unpaired) electrons. The molecule has 3 rings (SSSR count). The molecule has 0 fully saturated rings. The Bertz CT molecular complexity index is 1110. The zero-order valence-corrected chi connectivity index (χ0v) is 16.2. The van der Waals surface area contributed by atoms with Crippen molar-refractivity contribution in [1.29, 1.82) is 0 Å². The fourth-order valence-electron chi connectivity index (χ4n) is 3.22. The van der Waals surface area contributed by atoms with Crippen molar-refractivity contribution in [3.63, 3.8) is 0 Å². The van der Waals surface area contributed by atoms with E-state index in [0.29, 0.717) is 38.6 Å². The Morgan fingerprint density at radius 1 is 1.15 bits per heavy atom. The van der Waals surface area contributed by atoms with Gasteiger partial charge in [0.05, 0.1) is 34.3 Å². The molecule has 3 aromatic rings. The number of aliphatic hydroxyl groups is 1. The number of hydrogen-bond acceptors (Lipinski definition) is 3. The van der Waals surface area contributed by atoms with Gasteiger partial charge in [0.2, 0.25) is 0 Å². The van der Waals surface area contributed by atoms with E-state index in [4.69, 9.17) is 23.2 Å². The first kappa shape index (κ1) is 18.8. The van der Waals surface area contributed by atoms with Crippen LogP contribution in [0.5, 0.6) is 0 Å². The van der Waals surface area contributed by atoms with Gasteiger partial charge in [0.1, 0.15) is 0 Å². The van der Waals surface area contributed by atoms with Gasteiger partial charge >= 0.3 is 5.69 Å². The van der Waals surface area contributed by atoms with Crippen molar-refractivity contribution < 1.29 is 5.11 Å². The summed E-state index contributed by atoms with van der Waals surface area (Å²) in [6, 6.07) is 4.78. The highest BCUT2D eigenvalue weighted by Gasteiger charge is 2.23. The summed E-state index contributed by atoms with van der Waals surface area (Å²) in [4.78, 5) is 25.2. The molecule has 0 amide bonds. The summed E-state index contributed by atoms with van der Waals surface area (Å²) in [6.45, 7) is 1.83. The number of benzene rings is 1. The fourth-order valence-corrected chi connectivity index (χ4v) is 3.71. The van der Waals surface area contributed by atoms with Crippen molar-refractivity contribution in [1.82, 2.24) is 13.7 Å². The number of fused-ring (bicyclic) bond motifs is 1. The van der Waals surface area contributed by atoms with E-state index in [0.717, 1.165) is 4.57 Å². The zero-order chi connectivity index (χ0) is 19.2. The molecule has 0 aliphatic heterocycles. The maximum atomic E-state index is 12.9. The average molecular weight is 396 g/mol. The molecule has 1 aromatic carbocycles. The normalized spacial score (nSPS) is 12.7. The van der Waals surface area contributed by atoms with Gasteiger partial charge in [-0.25, -0.2) is 4.79 Å². The van der Waals surface area contributed by atoms with E-state index in [9.17, 15) is 14.7 Å². The maximum absolute atomic E-state index is 12.9. The van der Waals surface area contributed by atoms with Crippen LogP contribution >= 0.6 is 23.2 Å². The van der Waals surface area contributed by atoms with Crippen LogP contribution in [0.15, 0.2) is 34.0 Å². The Morgan fingerprint density at radius 3 is 2.42 bits per heavy atom. The first-order valence-corrected chi connectivity index (χ1v) is 8.94. The molecule has 2 aromatic heterocycles. The molecule has 0 saturated heterocycles. The van der Waals surface area contributed by atoms with E-state index in [2.05, 4.69) is 0 Å². The lowest BCUT2D eigenvalue weighted by Crippen LogP contribution is -2.36. The van der Waals surface area contributed by atoms with Crippen molar-refractivity contribution >= 4 is 34.1 Å². The number of halogens is 2. The number of nitrogens with zero attached hydrogens (tertiary/aromatic N) is 3. The van der Waals surface area contributed by atoms with Gasteiger partial charge < -0.3 is 9.67 Å². The van der Waals surface area contributed by atoms with Crippen LogP contribution in [0.4, 0.5) is 0 Å². The number of hydrogen-bond donors (Lipinski definition) is 1. The molecule has 8 heteroatoms. The van der Waals surface area contributed by atoms with E-state index in [1.807, 2.05) is 11.5 Å². The lowest BCUT2D eigenvalue weighted by molar-refractivity contribution is 0.226. The summed E-state index contributed by atoms with van der Waals surface area (Å²) in [5.41, 5.74) is 0.861. The van der Waals surface area contributed by atoms with E-state index in [-0.39, 0.29) is 12.6 Å². The lowest BCUT2D eigenvalue weighted by atomic mass is 10.1. The van der Waals surface area contributed by atoms with Crippen LogP contribution in [-0.2, 0) is 14.1 Å². The molecular weight excluding hydrogens is 377 g/mol. The predicted octanol–water partition coefficient (Wildman–Crippen LogP) is 2.96. The van der Waals surface area contributed by atoms with Crippen molar-refractivity contribution in [3.05, 3.63) is 55.3 Å². The van der Waals surface area contributed by atoms with Crippen molar-refractivity contribution in [3.8, 4) is 11.3 Å². The third kappa shape index (κ3) is 2.78. The molecule has 2 heterocycles. The van der Waals surface area contributed by atoms with Gasteiger partial charge in [0.15, 0.2) is 0 Å². The number of aryl methyl sites for hydroxylation is 1. The first-order valence-electron chi connectivity index (χ1n) is 8.18. The molecule has 0 bridgehead atoms. The zero-order valence-electron chi connectivity index (χ0n) is 14.7. The van der Waals surface area contributed by atoms with E-state index >= 15 is 0 Å². The van der Waals surface area contributed by atoms with Gasteiger partial charge in [-0.3, -0.25) is 13.9 Å². The fraction of sp³-hybridized carbons (Fsp3) is 0.333. The Balaban J connectivity index is 2.55. The van der Waals surface area contributed by atoms with Crippen LogP contribution in [0.25, 0.3) is 22.2 Å². The van der Waals surface area contributed by atoms with Crippen LogP contribution in [0.3, 0.4) is 0 Å². The van der Waals surface area contributed by atoms with Gasteiger partial charge in [-0.1, -0.05) is 30.1 Å². The van der Waals surface area contributed by atoms with Crippen molar-refractivity contribution in [2.24, 2.45) is 14.1 Å². The van der Waals surface area contributed by atoms with Gasteiger partial charge in [0, 0.05) is 30.9 Å². The molecule has 1 N–H and O–H groups in total.